The Morgan fingerprint density at radius 3 is 1.68 bits per heavy atom. The minimum atomic E-state index is -5.08. The molecule has 1 amide bonds. The normalized spacial score (nSPS) is 17.5. The van der Waals surface area contributed by atoms with Crippen molar-refractivity contribution in [2.45, 2.75) is 71.1 Å². The van der Waals surface area contributed by atoms with Crippen LogP contribution in [0.4, 0.5) is 18.0 Å². The minimum Gasteiger partial charge on any atom is -0.475 e. The second-order valence-corrected chi connectivity index (χ2v) is 9.61. The number of hydrogen-bond acceptors (Lipinski definition) is 6. The molecule has 202 valence electrons. The summed E-state index contributed by atoms with van der Waals surface area (Å²) in [5.74, 6) is -2.76. The summed E-state index contributed by atoms with van der Waals surface area (Å²) in [5, 5.41) is 10.3. The predicted octanol–water partition coefficient (Wildman–Crippen LogP) is 3.66. The summed E-state index contributed by atoms with van der Waals surface area (Å²) in [6.45, 7) is 14.7. The van der Waals surface area contributed by atoms with Crippen molar-refractivity contribution >= 4 is 12.1 Å². The molecule has 0 spiro atoms. The van der Waals surface area contributed by atoms with Crippen LogP contribution in [0.1, 0.15) is 59.3 Å². The summed E-state index contributed by atoms with van der Waals surface area (Å²) in [7, 11) is 3.82. The van der Waals surface area contributed by atoms with E-state index in [0.29, 0.717) is 0 Å². The molecule has 2 heterocycles. The zero-order valence-electron chi connectivity index (χ0n) is 21.5. The minimum absolute atomic E-state index is 0.227. The van der Waals surface area contributed by atoms with Gasteiger partial charge in [-0.2, -0.15) is 13.2 Å². The third kappa shape index (κ3) is 17.8. The summed E-state index contributed by atoms with van der Waals surface area (Å²) in [5.41, 5.74) is -0.406. The molecule has 0 atom stereocenters. The van der Waals surface area contributed by atoms with Gasteiger partial charge in [-0.25, -0.2) is 9.59 Å². The van der Waals surface area contributed by atoms with Crippen LogP contribution in [0.5, 0.6) is 0 Å². The number of nitrogens with zero attached hydrogens (tertiary/aromatic N) is 3. The number of halogens is 3. The van der Waals surface area contributed by atoms with Crippen LogP contribution >= 0.6 is 0 Å². The van der Waals surface area contributed by atoms with E-state index in [4.69, 9.17) is 14.6 Å². The fraction of sp³-hybridized carbons (Fsp3) is 0.913. The first kappa shape index (κ1) is 32.4. The number of rotatable bonds is 6. The first-order chi connectivity index (χ1) is 15.8. The van der Waals surface area contributed by atoms with Crippen LogP contribution in [0.3, 0.4) is 0 Å². The Bertz CT molecular complexity index is 559. The van der Waals surface area contributed by atoms with Gasteiger partial charge in [-0.15, -0.1) is 0 Å². The molecule has 0 radical (unpaired) electrons. The molecule has 0 unspecified atom stereocenters. The molecule has 8 nitrogen and oxygen atoms in total. The number of alkyl halides is 3. The standard InChI is InChI=1S/C13H26N2O2.C8H18N2.C2HF3O2/c1-13(2,3)17-12(16)14(4)10-11-15-8-6-5-7-9-15;1-9-5-8-10-6-3-2-4-7-10;3-2(4,5)1(6)7/h5-11H2,1-4H3;9H,2-8H2,1H3;(H,6,7). The molecule has 34 heavy (non-hydrogen) atoms. The molecule has 0 aromatic carbocycles. The molecular weight excluding hydrogens is 453 g/mol. The molecule has 2 saturated heterocycles. The Kier molecular flexibility index (Phi) is 16.1. The van der Waals surface area contributed by atoms with E-state index in [-0.39, 0.29) is 6.09 Å². The first-order valence-corrected chi connectivity index (χ1v) is 12.1. The molecule has 2 rings (SSSR count). The van der Waals surface area contributed by atoms with Crippen LogP contribution in [-0.2, 0) is 9.53 Å². The smallest absolute Gasteiger partial charge is 0.475 e. The summed E-state index contributed by atoms with van der Waals surface area (Å²) in [6, 6.07) is 0. The zero-order chi connectivity index (χ0) is 26.2. The van der Waals surface area contributed by atoms with E-state index in [2.05, 4.69) is 15.1 Å². The summed E-state index contributed by atoms with van der Waals surface area (Å²) >= 11 is 0. The van der Waals surface area contributed by atoms with Crippen LogP contribution < -0.4 is 5.32 Å². The molecular formula is C23H45F3N4O4. The Morgan fingerprint density at radius 2 is 1.32 bits per heavy atom. The number of amides is 1. The second-order valence-electron chi connectivity index (χ2n) is 9.61. The highest BCUT2D eigenvalue weighted by Gasteiger charge is 2.38. The Hall–Kier alpha value is -1.59. The van der Waals surface area contributed by atoms with Crippen molar-refractivity contribution in [1.82, 2.24) is 20.0 Å². The number of ether oxygens (including phenoxy) is 1. The van der Waals surface area contributed by atoms with Gasteiger partial charge in [-0.1, -0.05) is 12.8 Å². The third-order valence-electron chi connectivity index (χ3n) is 5.27. The lowest BCUT2D eigenvalue weighted by Gasteiger charge is -2.29. The van der Waals surface area contributed by atoms with Gasteiger partial charge in [0.15, 0.2) is 0 Å². The highest BCUT2D eigenvalue weighted by molar-refractivity contribution is 5.73. The monoisotopic (exact) mass is 498 g/mol. The number of likely N-dealkylation sites (N-methyl/N-ethyl adjacent to an activating group) is 2. The number of piperidine rings is 2. The SMILES string of the molecule is CN(CCN1CCCCC1)C(=O)OC(C)(C)C.CNCCN1CCCCC1.O=C(O)C(F)(F)F. The van der Waals surface area contributed by atoms with Gasteiger partial charge in [0.1, 0.15) is 5.60 Å². The van der Waals surface area contributed by atoms with E-state index in [1.165, 1.54) is 71.2 Å². The van der Waals surface area contributed by atoms with E-state index >= 15 is 0 Å². The number of carbonyl (C=O) groups is 2. The number of likely N-dealkylation sites (tertiary alicyclic amines) is 2. The van der Waals surface area contributed by atoms with Gasteiger partial charge in [0.25, 0.3) is 0 Å². The molecule has 0 aromatic rings. The lowest BCUT2D eigenvalue weighted by atomic mass is 10.1. The van der Waals surface area contributed by atoms with Crippen molar-refractivity contribution in [2.24, 2.45) is 0 Å². The second kappa shape index (κ2) is 16.9. The number of hydrogen-bond donors (Lipinski definition) is 2. The molecule has 2 aliphatic heterocycles. The van der Waals surface area contributed by atoms with E-state index in [1.807, 2.05) is 27.8 Å². The van der Waals surface area contributed by atoms with Crippen LogP contribution in [0.25, 0.3) is 0 Å². The summed E-state index contributed by atoms with van der Waals surface area (Å²) in [4.78, 5) is 27.2. The van der Waals surface area contributed by atoms with Crippen LogP contribution in [0.15, 0.2) is 0 Å². The van der Waals surface area contributed by atoms with Crippen molar-refractivity contribution in [3.63, 3.8) is 0 Å². The molecule has 2 aliphatic rings. The lowest BCUT2D eigenvalue weighted by molar-refractivity contribution is -0.192. The van der Waals surface area contributed by atoms with Crippen molar-refractivity contribution < 1.29 is 32.6 Å². The Morgan fingerprint density at radius 1 is 0.912 bits per heavy atom. The van der Waals surface area contributed by atoms with E-state index in [9.17, 15) is 18.0 Å². The average molecular weight is 499 g/mol. The summed E-state index contributed by atoms with van der Waals surface area (Å²) < 4.78 is 37.0. The molecule has 2 fully saturated rings. The molecule has 2 N–H and O–H groups in total. The fourth-order valence-corrected chi connectivity index (χ4v) is 3.36. The molecule has 11 heteroatoms. The molecule has 0 aromatic heterocycles. The quantitative estimate of drug-likeness (QED) is 0.578. The lowest BCUT2D eigenvalue weighted by Crippen LogP contribution is -2.40. The maximum Gasteiger partial charge on any atom is 0.490 e. The van der Waals surface area contributed by atoms with Crippen LogP contribution in [0, 0.1) is 0 Å². The van der Waals surface area contributed by atoms with E-state index in [1.54, 1.807) is 11.9 Å². The average Bonchev–Trinajstić information content (AvgIpc) is 2.76. The first-order valence-electron chi connectivity index (χ1n) is 12.1. The van der Waals surface area contributed by atoms with Gasteiger partial charge >= 0.3 is 18.2 Å². The molecule has 0 aliphatic carbocycles. The maximum absolute atomic E-state index is 11.7. The van der Waals surface area contributed by atoms with Crippen LogP contribution in [-0.4, -0.2) is 110 Å². The van der Waals surface area contributed by atoms with Crippen molar-refractivity contribution in [3.05, 3.63) is 0 Å². The largest absolute Gasteiger partial charge is 0.490 e. The number of aliphatic carboxylic acids is 1. The predicted molar refractivity (Wildman–Crippen MR) is 127 cm³/mol. The third-order valence-corrected chi connectivity index (χ3v) is 5.27. The van der Waals surface area contributed by atoms with Crippen molar-refractivity contribution in [2.75, 3.05) is 66.5 Å². The number of carboxylic acids is 1. The van der Waals surface area contributed by atoms with Crippen molar-refractivity contribution in [1.29, 1.82) is 0 Å². The highest BCUT2D eigenvalue weighted by Crippen LogP contribution is 2.13. The maximum atomic E-state index is 11.7. The Balaban J connectivity index is 0.000000541. The highest BCUT2D eigenvalue weighted by atomic mass is 19.4. The fourth-order valence-electron chi connectivity index (χ4n) is 3.36. The number of carboxylic acid groups (broad SMARTS) is 1. The van der Waals surface area contributed by atoms with Gasteiger partial charge in [0.2, 0.25) is 0 Å². The van der Waals surface area contributed by atoms with Gasteiger partial charge in [-0.3, -0.25) is 0 Å². The van der Waals surface area contributed by atoms with Gasteiger partial charge in [-0.05, 0) is 79.7 Å². The number of carbonyl (C=O) groups excluding carboxylic acids is 1. The molecule has 0 bridgehead atoms. The topological polar surface area (TPSA) is 85.4 Å². The van der Waals surface area contributed by atoms with Crippen molar-refractivity contribution in [3.8, 4) is 0 Å². The Labute approximate surface area is 202 Å². The van der Waals surface area contributed by atoms with E-state index < -0.39 is 17.7 Å². The number of nitrogens with one attached hydrogen (secondary N) is 1. The van der Waals surface area contributed by atoms with Crippen LogP contribution in [0.2, 0.25) is 0 Å². The van der Waals surface area contributed by atoms with Gasteiger partial charge in [0, 0.05) is 33.2 Å². The summed E-state index contributed by atoms with van der Waals surface area (Å²) in [6.07, 6.45) is 2.86. The van der Waals surface area contributed by atoms with Gasteiger partial charge < -0.3 is 29.9 Å². The van der Waals surface area contributed by atoms with E-state index in [0.717, 1.165) is 19.6 Å². The zero-order valence-corrected chi connectivity index (χ0v) is 21.5. The van der Waals surface area contributed by atoms with Gasteiger partial charge in [0.05, 0.1) is 0 Å². The molecule has 0 saturated carbocycles.